The molecule has 20 heavy (non-hydrogen) atoms. The fraction of sp³-hybridized carbons (Fsp3) is 0.0588. The second kappa shape index (κ2) is 5.41. The van der Waals surface area contributed by atoms with Gasteiger partial charge in [0.05, 0.1) is 6.33 Å². The molecule has 0 atom stereocenters. The van der Waals surface area contributed by atoms with Crippen LogP contribution in [0.2, 0.25) is 0 Å². The Bertz CT molecular complexity index is 737. The van der Waals surface area contributed by atoms with E-state index in [4.69, 9.17) is 0 Å². The SMILES string of the molecule is N#Cc1c(-c2ccccc2)ncn1Cc1ccccc1. The Kier molecular flexibility index (Phi) is 3.30. The Morgan fingerprint density at radius 1 is 0.950 bits per heavy atom. The van der Waals surface area contributed by atoms with Crippen LogP contribution in [0, 0.1) is 11.3 Å². The predicted octanol–water partition coefficient (Wildman–Crippen LogP) is 3.47. The van der Waals surface area contributed by atoms with Crippen molar-refractivity contribution in [3.8, 4) is 17.3 Å². The summed E-state index contributed by atoms with van der Waals surface area (Å²) in [4.78, 5) is 4.39. The topological polar surface area (TPSA) is 41.6 Å². The van der Waals surface area contributed by atoms with Gasteiger partial charge in [0.25, 0.3) is 0 Å². The molecule has 0 saturated heterocycles. The third-order valence-electron chi connectivity index (χ3n) is 3.19. The fourth-order valence-electron chi connectivity index (χ4n) is 2.21. The lowest BCUT2D eigenvalue weighted by Crippen LogP contribution is -2.01. The van der Waals surface area contributed by atoms with Crippen molar-refractivity contribution >= 4 is 0 Å². The zero-order valence-corrected chi connectivity index (χ0v) is 10.9. The van der Waals surface area contributed by atoms with Gasteiger partial charge in [0.2, 0.25) is 0 Å². The van der Waals surface area contributed by atoms with Crippen LogP contribution in [0.25, 0.3) is 11.3 Å². The highest BCUT2D eigenvalue weighted by Gasteiger charge is 2.12. The lowest BCUT2D eigenvalue weighted by molar-refractivity contribution is 0.786. The summed E-state index contributed by atoms with van der Waals surface area (Å²) in [6, 6.07) is 22.1. The average molecular weight is 259 g/mol. The first-order valence-electron chi connectivity index (χ1n) is 6.43. The minimum absolute atomic E-state index is 0.597. The molecule has 2 aromatic carbocycles. The molecule has 0 aliphatic heterocycles. The van der Waals surface area contributed by atoms with Crippen LogP contribution in [0.15, 0.2) is 67.0 Å². The van der Waals surface area contributed by atoms with Gasteiger partial charge in [-0.15, -0.1) is 0 Å². The first-order chi connectivity index (χ1) is 9.88. The molecule has 1 heterocycles. The molecule has 3 aromatic rings. The van der Waals surface area contributed by atoms with Crippen LogP contribution in [0.4, 0.5) is 0 Å². The molecule has 3 rings (SSSR count). The van der Waals surface area contributed by atoms with Gasteiger partial charge in [-0.1, -0.05) is 60.7 Å². The zero-order valence-electron chi connectivity index (χ0n) is 10.9. The first-order valence-corrected chi connectivity index (χ1v) is 6.43. The third kappa shape index (κ3) is 2.32. The van der Waals surface area contributed by atoms with Crippen molar-refractivity contribution in [1.29, 1.82) is 5.26 Å². The van der Waals surface area contributed by atoms with Gasteiger partial charge in [-0.05, 0) is 5.56 Å². The van der Waals surface area contributed by atoms with Crippen LogP contribution in [-0.2, 0) is 6.54 Å². The van der Waals surface area contributed by atoms with Crippen molar-refractivity contribution in [2.24, 2.45) is 0 Å². The van der Waals surface area contributed by atoms with E-state index in [1.165, 1.54) is 0 Å². The molecule has 3 heteroatoms. The van der Waals surface area contributed by atoms with Crippen LogP contribution >= 0.6 is 0 Å². The minimum Gasteiger partial charge on any atom is -0.317 e. The van der Waals surface area contributed by atoms with Gasteiger partial charge in [0.15, 0.2) is 0 Å². The number of rotatable bonds is 3. The second-order valence-electron chi connectivity index (χ2n) is 4.53. The number of nitriles is 1. The molecule has 0 bridgehead atoms. The fourth-order valence-corrected chi connectivity index (χ4v) is 2.21. The third-order valence-corrected chi connectivity index (χ3v) is 3.19. The first kappa shape index (κ1) is 12.2. The maximum absolute atomic E-state index is 9.42. The molecular weight excluding hydrogens is 246 g/mol. The van der Waals surface area contributed by atoms with E-state index in [2.05, 4.69) is 11.1 Å². The lowest BCUT2D eigenvalue weighted by atomic mass is 10.1. The summed E-state index contributed by atoms with van der Waals surface area (Å²) in [5.74, 6) is 0. The van der Waals surface area contributed by atoms with E-state index in [9.17, 15) is 5.26 Å². The highest BCUT2D eigenvalue weighted by molar-refractivity contribution is 5.64. The van der Waals surface area contributed by atoms with E-state index >= 15 is 0 Å². The summed E-state index contributed by atoms with van der Waals surface area (Å²) in [6.45, 7) is 0.656. The molecule has 0 radical (unpaired) electrons. The summed E-state index contributed by atoms with van der Waals surface area (Å²) < 4.78 is 1.89. The van der Waals surface area contributed by atoms with Crippen LogP contribution < -0.4 is 0 Å². The molecule has 96 valence electrons. The molecule has 3 nitrogen and oxygen atoms in total. The molecule has 0 aliphatic carbocycles. The Hall–Kier alpha value is -2.86. The van der Waals surface area contributed by atoms with Crippen LogP contribution in [0.3, 0.4) is 0 Å². The van der Waals surface area contributed by atoms with E-state index in [1.54, 1.807) is 6.33 Å². The predicted molar refractivity (Wildman–Crippen MR) is 77.9 cm³/mol. The number of imidazole rings is 1. The lowest BCUT2D eigenvalue weighted by Gasteiger charge is -2.04. The number of hydrogen-bond donors (Lipinski definition) is 0. The summed E-state index contributed by atoms with van der Waals surface area (Å²) >= 11 is 0. The van der Waals surface area contributed by atoms with Gasteiger partial charge in [-0.25, -0.2) is 4.98 Å². The van der Waals surface area contributed by atoms with Gasteiger partial charge in [-0.2, -0.15) is 5.26 Å². The Morgan fingerprint density at radius 2 is 1.60 bits per heavy atom. The average Bonchev–Trinajstić information content (AvgIpc) is 2.92. The van der Waals surface area contributed by atoms with E-state index < -0.39 is 0 Å². The minimum atomic E-state index is 0.597. The quantitative estimate of drug-likeness (QED) is 0.722. The maximum Gasteiger partial charge on any atom is 0.148 e. The van der Waals surface area contributed by atoms with Gasteiger partial charge >= 0.3 is 0 Å². The molecule has 0 aliphatic rings. The normalized spacial score (nSPS) is 10.2. The van der Waals surface area contributed by atoms with Crippen LogP contribution in [0.5, 0.6) is 0 Å². The molecular formula is C17H13N3. The maximum atomic E-state index is 9.42. The molecule has 0 saturated carbocycles. The van der Waals surface area contributed by atoms with E-state index in [0.29, 0.717) is 12.2 Å². The second-order valence-corrected chi connectivity index (χ2v) is 4.53. The van der Waals surface area contributed by atoms with E-state index in [0.717, 1.165) is 16.8 Å². The largest absolute Gasteiger partial charge is 0.317 e. The number of hydrogen-bond acceptors (Lipinski definition) is 2. The highest BCUT2D eigenvalue weighted by Crippen LogP contribution is 2.21. The molecule has 0 spiro atoms. The van der Waals surface area contributed by atoms with Crippen LogP contribution in [-0.4, -0.2) is 9.55 Å². The van der Waals surface area contributed by atoms with Gasteiger partial charge in [0.1, 0.15) is 17.5 Å². The van der Waals surface area contributed by atoms with Crippen molar-refractivity contribution < 1.29 is 0 Å². The van der Waals surface area contributed by atoms with Gasteiger partial charge in [-0.3, -0.25) is 0 Å². The summed E-state index contributed by atoms with van der Waals surface area (Å²) in [7, 11) is 0. The summed E-state index contributed by atoms with van der Waals surface area (Å²) in [6.07, 6.45) is 1.73. The number of aromatic nitrogens is 2. The van der Waals surface area contributed by atoms with Gasteiger partial charge < -0.3 is 4.57 Å². The zero-order chi connectivity index (χ0) is 13.8. The molecule has 1 aromatic heterocycles. The molecule has 0 amide bonds. The smallest absolute Gasteiger partial charge is 0.148 e. The Labute approximate surface area is 117 Å². The Balaban J connectivity index is 1.99. The standard InChI is InChI=1S/C17H13N3/c18-11-16-17(15-9-5-2-6-10-15)19-13-20(16)12-14-7-3-1-4-8-14/h1-10,13H,12H2. The monoisotopic (exact) mass is 259 g/mol. The van der Waals surface area contributed by atoms with Crippen LogP contribution in [0.1, 0.15) is 11.3 Å². The van der Waals surface area contributed by atoms with Crippen molar-refractivity contribution in [3.63, 3.8) is 0 Å². The molecule has 0 fully saturated rings. The van der Waals surface area contributed by atoms with Gasteiger partial charge in [0, 0.05) is 12.1 Å². The van der Waals surface area contributed by atoms with Crippen molar-refractivity contribution in [2.75, 3.05) is 0 Å². The number of benzene rings is 2. The van der Waals surface area contributed by atoms with Crippen molar-refractivity contribution in [3.05, 3.63) is 78.2 Å². The number of nitrogens with zero attached hydrogens (tertiary/aromatic N) is 3. The van der Waals surface area contributed by atoms with E-state index in [-0.39, 0.29) is 0 Å². The summed E-state index contributed by atoms with van der Waals surface area (Å²) in [5, 5.41) is 9.42. The van der Waals surface area contributed by atoms with Crippen molar-refractivity contribution in [1.82, 2.24) is 9.55 Å². The summed E-state index contributed by atoms with van der Waals surface area (Å²) in [5.41, 5.74) is 3.46. The van der Waals surface area contributed by atoms with Crippen molar-refractivity contribution in [2.45, 2.75) is 6.54 Å². The molecule has 0 unspecified atom stereocenters. The molecule has 0 N–H and O–H groups in total. The Morgan fingerprint density at radius 3 is 2.25 bits per heavy atom. The van der Waals surface area contributed by atoms with E-state index in [1.807, 2.05) is 65.2 Å². The highest BCUT2D eigenvalue weighted by atomic mass is 15.1.